The van der Waals surface area contributed by atoms with Crippen molar-refractivity contribution < 1.29 is 13.2 Å². The normalized spacial score (nSPS) is 17.5. The van der Waals surface area contributed by atoms with Crippen LogP contribution >= 0.6 is 11.3 Å². The van der Waals surface area contributed by atoms with Crippen molar-refractivity contribution in [1.82, 2.24) is 14.5 Å². The number of carbonyl (C=O) groups excluding carboxylic acids is 1. The van der Waals surface area contributed by atoms with Gasteiger partial charge in [0.15, 0.2) is 5.13 Å². The van der Waals surface area contributed by atoms with Gasteiger partial charge in [-0.25, -0.2) is 13.4 Å². The van der Waals surface area contributed by atoms with Gasteiger partial charge in [-0.2, -0.15) is 0 Å². The lowest BCUT2D eigenvalue weighted by molar-refractivity contribution is -0.136. The number of nitrogens with one attached hydrogen (secondary N) is 1. The third-order valence-electron chi connectivity index (χ3n) is 6.48. The first-order valence-corrected chi connectivity index (χ1v) is 13.8. The summed E-state index contributed by atoms with van der Waals surface area (Å²) in [6.07, 6.45) is 3.53. The van der Waals surface area contributed by atoms with E-state index in [1.54, 1.807) is 23.7 Å². The molecule has 1 saturated heterocycles. The Labute approximate surface area is 208 Å². The van der Waals surface area contributed by atoms with Gasteiger partial charge in [0.2, 0.25) is 5.91 Å². The highest BCUT2D eigenvalue weighted by Gasteiger charge is 2.31. The zero-order chi connectivity index (χ0) is 24.6. The molecule has 10 heteroatoms. The Balaban J connectivity index is 1.25. The minimum Gasteiger partial charge on any atom is -0.368 e. The lowest BCUT2D eigenvalue weighted by Gasteiger charge is -2.42. The highest BCUT2D eigenvalue weighted by atomic mass is 32.2. The van der Waals surface area contributed by atoms with Crippen molar-refractivity contribution in [1.29, 1.82) is 0 Å². The molecule has 3 heterocycles. The van der Waals surface area contributed by atoms with Gasteiger partial charge in [0.25, 0.3) is 10.0 Å². The molecule has 2 aromatic heterocycles. The third kappa shape index (κ3) is 4.63. The summed E-state index contributed by atoms with van der Waals surface area (Å²) in [6, 6.07) is 16.7. The van der Waals surface area contributed by atoms with Crippen molar-refractivity contribution >= 4 is 49.0 Å². The van der Waals surface area contributed by atoms with Crippen LogP contribution in [0.25, 0.3) is 10.9 Å². The highest BCUT2D eigenvalue weighted by molar-refractivity contribution is 7.93. The van der Waals surface area contributed by atoms with Gasteiger partial charge in [-0.15, -0.1) is 11.3 Å². The van der Waals surface area contributed by atoms with Gasteiger partial charge in [0.05, 0.1) is 4.90 Å². The third-order valence-corrected chi connectivity index (χ3v) is 8.65. The number of fused-ring (bicyclic) bond motifs is 1. The molecule has 8 nitrogen and oxygen atoms in total. The average Bonchev–Trinajstić information content (AvgIpc) is 3.53. The van der Waals surface area contributed by atoms with Crippen LogP contribution in [0.5, 0.6) is 0 Å². The maximum Gasteiger partial charge on any atom is 0.263 e. The summed E-state index contributed by atoms with van der Waals surface area (Å²) < 4.78 is 29.7. The topological polar surface area (TPSA) is 87.5 Å². The number of hydrogen-bond donors (Lipinski definition) is 1. The van der Waals surface area contributed by atoms with E-state index in [9.17, 15) is 13.2 Å². The quantitative estimate of drug-likeness (QED) is 0.421. The van der Waals surface area contributed by atoms with Crippen LogP contribution in [-0.4, -0.2) is 54.5 Å². The maximum atomic E-state index is 13.4. The van der Waals surface area contributed by atoms with E-state index in [1.165, 1.54) is 11.3 Å². The second kappa shape index (κ2) is 9.35. The fourth-order valence-electron chi connectivity index (χ4n) is 4.60. The summed E-state index contributed by atoms with van der Waals surface area (Å²) in [4.78, 5) is 21.7. The van der Waals surface area contributed by atoms with Gasteiger partial charge in [-0.05, 0) is 55.6 Å². The van der Waals surface area contributed by atoms with Crippen LogP contribution in [0.4, 0.5) is 10.8 Å². The van der Waals surface area contributed by atoms with E-state index >= 15 is 0 Å². The Bertz CT molecular complexity index is 1430. The summed E-state index contributed by atoms with van der Waals surface area (Å²) in [7, 11) is -3.68. The number of piperazine rings is 1. The number of sulfonamides is 1. The van der Waals surface area contributed by atoms with E-state index in [-0.39, 0.29) is 22.9 Å². The van der Waals surface area contributed by atoms with Crippen LogP contribution in [0.2, 0.25) is 0 Å². The van der Waals surface area contributed by atoms with Crippen LogP contribution in [0.1, 0.15) is 19.9 Å². The number of para-hydroxylation sites is 1. The molecule has 0 bridgehead atoms. The summed E-state index contributed by atoms with van der Waals surface area (Å²) in [6.45, 7) is 5.97. The molecule has 182 valence electrons. The number of nitrogens with zero attached hydrogens (tertiary/aromatic N) is 4. The molecule has 0 radical (unpaired) electrons. The van der Waals surface area contributed by atoms with E-state index in [4.69, 9.17) is 0 Å². The first kappa shape index (κ1) is 23.4. The number of thiazole rings is 1. The van der Waals surface area contributed by atoms with Gasteiger partial charge in [-0.3, -0.25) is 9.52 Å². The molecule has 0 saturated carbocycles. The Morgan fingerprint density at radius 3 is 2.60 bits per heavy atom. The average molecular weight is 510 g/mol. The summed E-state index contributed by atoms with van der Waals surface area (Å²) in [5.41, 5.74) is 1.99. The van der Waals surface area contributed by atoms with Crippen molar-refractivity contribution in [3.8, 4) is 0 Å². The Hall–Kier alpha value is -3.37. The molecule has 5 rings (SSSR count). The summed E-state index contributed by atoms with van der Waals surface area (Å²) in [5.74, 6) is 0.105. The van der Waals surface area contributed by atoms with Crippen LogP contribution < -0.4 is 9.62 Å². The minimum absolute atomic E-state index is 0.0236. The molecule has 0 spiro atoms. The van der Waals surface area contributed by atoms with Crippen molar-refractivity contribution in [2.45, 2.75) is 30.8 Å². The van der Waals surface area contributed by atoms with Gasteiger partial charge in [-0.1, -0.05) is 18.2 Å². The molecule has 2 unspecified atom stereocenters. The molecular weight excluding hydrogens is 482 g/mol. The maximum absolute atomic E-state index is 13.4. The molecular formula is C25H27N5O3S2. The van der Waals surface area contributed by atoms with E-state index in [1.807, 2.05) is 59.0 Å². The molecule has 2 aromatic carbocycles. The number of carbonyl (C=O) groups is 1. The highest BCUT2D eigenvalue weighted by Crippen LogP contribution is 2.26. The van der Waals surface area contributed by atoms with Gasteiger partial charge in [0.1, 0.15) is 6.04 Å². The number of amides is 1. The van der Waals surface area contributed by atoms with Crippen LogP contribution in [-0.2, 0) is 14.8 Å². The fraction of sp³-hybridized carbons (Fsp3) is 0.280. The monoisotopic (exact) mass is 509 g/mol. The summed E-state index contributed by atoms with van der Waals surface area (Å²) in [5, 5.41) is 3.18. The number of anilines is 2. The zero-order valence-corrected chi connectivity index (χ0v) is 21.2. The molecule has 1 N–H and O–H groups in total. The predicted molar refractivity (Wildman–Crippen MR) is 139 cm³/mol. The molecule has 1 amide bonds. The number of hydrogen-bond acceptors (Lipinski definition) is 6. The Morgan fingerprint density at radius 1 is 1.11 bits per heavy atom. The predicted octanol–water partition coefficient (Wildman–Crippen LogP) is 4.20. The number of benzene rings is 2. The van der Waals surface area contributed by atoms with Crippen molar-refractivity contribution in [2.24, 2.45) is 0 Å². The van der Waals surface area contributed by atoms with Crippen molar-refractivity contribution in [3.63, 3.8) is 0 Å². The first-order chi connectivity index (χ1) is 16.8. The molecule has 1 aliphatic rings. The molecule has 1 aliphatic heterocycles. The van der Waals surface area contributed by atoms with E-state index in [0.717, 1.165) is 16.6 Å². The van der Waals surface area contributed by atoms with Crippen LogP contribution in [0.3, 0.4) is 0 Å². The Kier molecular flexibility index (Phi) is 6.24. The van der Waals surface area contributed by atoms with Crippen molar-refractivity contribution in [2.75, 3.05) is 29.3 Å². The standard InChI is InChI=1S/C25H27N5O3S2/c1-18-17-28(21-7-9-22(10-8-21)35(32,33)27-25-26-12-16-34-25)14-15-29(18)24(31)19(2)30-13-11-20-5-3-4-6-23(20)30/h3-13,16,18-19H,14-15,17H2,1-2H3,(H,26,27). The molecule has 2 atom stereocenters. The Morgan fingerprint density at radius 2 is 1.89 bits per heavy atom. The first-order valence-electron chi connectivity index (χ1n) is 11.5. The molecule has 35 heavy (non-hydrogen) atoms. The second-order valence-electron chi connectivity index (χ2n) is 8.72. The zero-order valence-electron chi connectivity index (χ0n) is 19.5. The van der Waals surface area contributed by atoms with Gasteiger partial charge >= 0.3 is 0 Å². The van der Waals surface area contributed by atoms with Crippen LogP contribution in [0.15, 0.2) is 77.3 Å². The van der Waals surface area contributed by atoms with Crippen LogP contribution in [0, 0.1) is 0 Å². The molecule has 1 fully saturated rings. The largest absolute Gasteiger partial charge is 0.368 e. The number of rotatable bonds is 6. The summed E-state index contributed by atoms with van der Waals surface area (Å²) >= 11 is 1.23. The lowest BCUT2D eigenvalue weighted by atomic mass is 10.1. The number of aromatic nitrogens is 2. The van der Waals surface area contributed by atoms with E-state index in [0.29, 0.717) is 24.8 Å². The fourth-order valence-corrected chi connectivity index (χ4v) is 6.39. The lowest BCUT2D eigenvalue weighted by Crippen LogP contribution is -2.55. The minimum atomic E-state index is -3.68. The van der Waals surface area contributed by atoms with E-state index < -0.39 is 10.0 Å². The van der Waals surface area contributed by atoms with E-state index in [2.05, 4.69) is 27.6 Å². The molecule has 0 aliphatic carbocycles. The SMILES string of the molecule is CC1CN(c2ccc(S(=O)(=O)Nc3nccs3)cc2)CCN1C(=O)C(C)n1ccc2ccccc21. The smallest absolute Gasteiger partial charge is 0.263 e. The second-order valence-corrected chi connectivity index (χ2v) is 11.3. The van der Waals surface area contributed by atoms with Gasteiger partial charge < -0.3 is 14.4 Å². The van der Waals surface area contributed by atoms with Gasteiger partial charge in [0, 0.05) is 54.7 Å². The van der Waals surface area contributed by atoms with Crippen molar-refractivity contribution in [3.05, 3.63) is 72.4 Å². The molecule has 4 aromatic rings.